The molecule has 1 aromatic heterocycles. The molecular formula is C13H17N5O2. The summed E-state index contributed by atoms with van der Waals surface area (Å²) in [5.41, 5.74) is 6.81. The lowest BCUT2D eigenvalue weighted by molar-refractivity contribution is 0.122. The summed E-state index contributed by atoms with van der Waals surface area (Å²) in [4.78, 5) is 6.39. The molecule has 3 rings (SSSR count). The predicted molar refractivity (Wildman–Crippen MR) is 75.4 cm³/mol. The highest BCUT2D eigenvalue weighted by Crippen LogP contribution is 2.19. The fraction of sp³-hybridized carbons (Fsp3) is 0.385. The monoisotopic (exact) mass is 275 g/mol. The average Bonchev–Trinajstić information content (AvgIpc) is 2.90. The average molecular weight is 275 g/mol. The molecule has 0 aliphatic carbocycles. The number of hydrogen-bond acceptors (Lipinski definition) is 6. The Morgan fingerprint density at radius 2 is 1.90 bits per heavy atom. The SMILES string of the molecule is COc1ccc(-n2nc(N3CCOCC3)nc2N)cc1. The zero-order valence-corrected chi connectivity index (χ0v) is 11.3. The van der Waals surface area contributed by atoms with Crippen molar-refractivity contribution in [3.8, 4) is 11.4 Å². The van der Waals surface area contributed by atoms with Gasteiger partial charge in [-0.3, -0.25) is 0 Å². The van der Waals surface area contributed by atoms with Crippen molar-refractivity contribution in [3.05, 3.63) is 24.3 Å². The van der Waals surface area contributed by atoms with Crippen molar-refractivity contribution in [2.24, 2.45) is 0 Å². The number of hydrogen-bond donors (Lipinski definition) is 1. The van der Waals surface area contributed by atoms with Gasteiger partial charge in [0, 0.05) is 13.1 Å². The van der Waals surface area contributed by atoms with Gasteiger partial charge in [-0.05, 0) is 24.3 Å². The van der Waals surface area contributed by atoms with Crippen LogP contribution < -0.4 is 15.4 Å². The van der Waals surface area contributed by atoms with Crippen LogP contribution in [0.2, 0.25) is 0 Å². The molecule has 1 aromatic carbocycles. The quantitative estimate of drug-likeness (QED) is 0.888. The molecule has 0 radical (unpaired) electrons. The van der Waals surface area contributed by atoms with E-state index in [9.17, 15) is 0 Å². The maximum atomic E-state index is 5.95. The Hall–Kier alpha value is -2.28. The number of nitrogens with zero attached hydrogens (tertiary/aromatic N) is 4. The second-order valence-corrected chi connectivity index (χ2v) is 4.48. The van der Waals surface area contributed by atoms with Crippen LogP contribution >= 0.6 is 0 Å². The van der Waals surface area contributed by atoms with Gasteiger partial charge in [-0.25, -0.2) is 0 Å². The Labute approximate surface area is 116 Å². The Kier molecular flexibility index (Phi) is 3.42. The zero-order chi connectivity index (χ0) is 13.9. The number of nitrogen functional groups attached to an aromatic ring is 1. The van der Waals surface area contributed by atoms with E-state index in [0.717, 1.165) is 24.5 Å². The lowest BCUT2D eigenvalue weighted by atomic mass is 10.3. The smallest absolute Gasteiger partial charge is 0.247 e. The minimum absolute atomic E-state index is 0.372. The summed E-state index contributed by atoms with van der Waals surface area (Å²) >= 11 is 0. The van der Waals surface area contributed by atoms with Crippen LogP contribution in [0.25, 0.3) is 5.69 Å². The molecule has 20 heavy (non-hydrogen) atoms. The molecule has 0 amide bonds. The third-order valence-electron chi connectivity index (χ3n) is 3.23. The molecular weight excluding hydrogens is 258 g/mol. The number of anilines is 2. The molecule has 1 fully saturated rings. The summed E-state index contributed by atoms with van der Waals surface area (Å²) in [5.74, 6) is 1.80. The van der Waals surface area contributed by atoms with E-state index in [1.807, 2.05) is 24.3 Å². The van der Waals surface area contributed by atoms with E-state index in [4.69, 9.17) is 15.2 Å². The van der Waals surface area contributed by atoms with Crippen LogP contribution in [-0.4, -0.2) is 48.2 Å². The number of ether oxygens (including phenoxy) is 2. The van der Waals surface area contributed by atoms with Crippen molar-refractivity contribution < 1.29 is 9.47 Å². The van der Waals surface area contributed by atoms with Gasteiger partial charge in [0.1, 0.15) is 5.75 Å². The van der Waals surface area contributed by atoms with Gasteiger partial charge in [0.25, 0.3) is 0 Å². The van der Waals surface area contributed by atoms with Crippen molar-refractivity contribution in [3.63, 3.8) is 0 Å². The number of rotatable bonds is 3. The van der Waals surface area contributed by atoms with Gasteiger partial charge in [0.2, 0.25) is 11.9 Å². The van der Waals surface area contributed by atoms with Gasteiger partial charge >= 0.3 is 0 Å². The summed E-state index contributed by atoms with van der Waals surface area (Å²) in [5, 5.41) is 4.47. The van der Waals surface area contributed by atoms with Gasteiger partial charge in [-0.2, -0.15) is 9.67 Å². The van der Waals surface area contributed by atoms with Crippen LogP contribution in [0.15, 0.2) is 24.3 Å². The van der Waals surface area contributed by atoms with Crippen molar-refractivity contribution in [1.82, 2.24) is 14.8 Å². The highest BCUT2D eigenvalue weighted by atomic mass is 16.5. The number of morpholine rings is 1. The topological polar surface area (TPSA) is 78.4 Å². The molecule has 0 atom stereocenters. The van der Waals surface area contributed by atoms with E-state index in [-0.39, 0.29) is 0 Å². The summed E-state index contributed by atoms with van der Waals surface area (Å²) in [7, 11) is 1.63. The lowest BCUT2D eigenvalue weighted by Gasteiger charge is -2.25. The molecule has 7 heteroatoms. The molecule has 1 saturated heterocycles. The first-order chi connectivity index (χ1) is 9.78. The van der Waals surface area contributed by atoms with E-state index < -0.39 is 0 Å². The van der Waals surface area contributed by atoms with Crippen molar-refractivity contribution in [2.45, 2.75) is 0 Å². The zero-order valence-electron chi connectivity index (χ0n) is 11.3. The Bertz CT molecular complexity index is 575. The van der Waals surface area contributed by atoms with Crippen LogP contribution in [0.3, 0.4) is 0 Å². The normalized spacial score (nSPS) is 15.3. The summed E-state index contributed by atoms with van der Waals surface area (Å²) in [6.07, 6.45) is 0. The Balaban J connectivity index is 1.87. The minimum atomic E-state index is 0.372. The third-order valence-corrected chi connectivity index (χ3v) is 3.23. The molecule has 7 nitrogen and oxygen atoms in total. The maximum Gasteiger partial charge on any atom is 0.247 e. The van der Waals surface area contributed by atoms with Crippen molar-refractivity contribution >= 4 is 11.9 Å². The highest BCUT2D eigenvalue weighted by molar-refractivity contribution is 5.45. The largest absolute Gasteiger partial charge is 0.497 e. The standard InChI is InChI=1S/C13H17N5O2/c1-19-11-4-2-10(3-5-11)18-12(14)15-13(16-18)17-6-8-20-9-7-17/h2-5H,6-9H2,1H3,(H2,14,15,16). The molecule has 0 unspecified atom stereocenters. The molecule has 2 heterocycles. The molecule has 0 saturated carbocycles. The number of nitrogens with two attached hydrogens (primary N) is 1. The number of methoxy groups -OCH3 is 1. The van der Waals surface area contributed by atoms with Crippen LogP contribution in [0.5, 0.6) is 5.75 Å². The van der Waals surface area contributed by atoms with Gasteiger partial charge < -0.3 is 20.1 Å². The third kappa shape index (κ3) is 2.39. The van der Waals surface area contributed by atoms with Crippen LogP contribution in [-0.2, 0) is 4.74 Å². The first-order valence-electron chi connectivity index (χ1n) is 6.47. The fourth-order valence-electron chi connectivity index (χ4n) is 2.12. The molecule has 0 bridgehead atoms. The van der Waals surface area contributed by atoms with Crippen LogP contribution in [0.1, 0.15) is 0 Å². The van der Waals surface area contributed by atoms with Crippen molar-refractivity contribution in [2.75, 3.05) is 44.0 Å². The van der Waals surface area contributed by atoms with E-state index in [2.05, 4.69) is 15.0 Å². The van der Waals surface area contributed by atoms with E-state index >= 15 is 0 Å². The summed E-state index contributed by atoms with van der Waals surface area (Å²) in [6, 6.07) is 7.52. The molecule has 0 spiro atoms. The maximum absolute atomic E-state index is 5.95. The van der Waals surface area contributed by atoms with Gasteiger partial charge in [0.15, 0.2) is 0 Å². The van der Waals surface area contributed by atoms with Gasteiger partial charge in [0.05, 0.1) is 26.0 Å². The molecule has 1 aliphatic rings. The van der Waals surface area contributed by atoms with Gasteiger partial charge in [-0.1, -0.05) is 0 Å². The second-order valence-electron chi connectivity index (χ2n) is 4.48. The number of aromatic nitrogens is 3. The summed E-state index contributed by atoms with van der Waals surface area (Å²) in [6.45, 7) is 2.95. The Morgan fingerprint density at radius 1 is 1.20 bits per heavy atom. The summed E-state index contributed by atoms with van der Waals surface area (Å²) < 4.78 is 12.1. The molecule has 2 N–H and O–H groups in total. The lowest BCUT2D eigenvalue weighted by Crippen LogP contribution is -2.37. The van der Waals surface area contributed by atoms with Crippen LogP contribution in [0.4, 0.5) is 11.9 Å². The molecule has 106 valence electrons. The Morgan fingerprint density at radius 3 is 2.55 bits per heavy atom. The second kappa shape index (κ2) is 5.38. The van der Waals surface area contributed by atoms with E-state index in [0.29, 0.717) is 25.1 Å². The molecule has 2 aromatic rings. The minimum Gasteiger partial charge on any atom is -0.497 e. The van der Waals surface area contributed by atoms with Crippen molar-refractivity contribution in [1.29, 1.82) is 0 Å². The number of benzene rings is 1. The first kappa shape index (κ1) is 12.7. The van der Waals surface area contributed by atoms with E-state index in [1.165, 1.54) is 0 Å². The van der Waals surface area contributed by atoms with E-state index in [1.54, 1.807) is 11.8 Å². The highest BCUT2D eigenvalue weighted by Gasteiger charge is 2.17. The fourth-order valence-corrected chi connectivity index (χ4v) is 2.12. The van der Waals surface area contributed by atoms with Gasteiger partial charge in [-0.15, -0.1) is 5.10 Å². The predicted octanol–water partition coefficient (Wildman–Crippen LogP) is 0.695. The first-order valence-corrected chi connectivity index (χ1v) is 6.47. The molecule has 1 aliphatic heterocycles. The van der Waals surface area contributed by atoms with Crippen LogP contribution in [0, 0.1) is 0 Å².